The Morgan fingerprint density at radius 2 is 2.17 bits per heavy atom. The van der Waals surface area contributed by atoms with Crippen LogP contribution in [-0.4, -0.2) is 30.7 Å². The third kappa shape index (κ3) is 4.80. The molecule has 6 nitrogen and oxygen atoms in total. The zero-order valence-electron chi connectivity index (χ0n) is 12.8. The minimum atomic E-state index is -0.332. The molecule has 0 saturated heterocycles. The van der Waals surface area contributed by atoms with Gasteiger partial charge in [-0.25, -0.2) is 4.98 Å². The van der Waals surface area contributed by atoms with Crippen LogP contribution in [-0.2, 0) is 4.74 Å². The fourth-order valence-corrected chi connectivity index (χ4v) is 1.86. The van der Waals surface area contributed by atoms with Crippen molar-refractivity contribution in [3.05, 3.63) is 53.7 Å². The predicted molar refractivity (Wildman–Crippen MR) is 85.3 cm³/mol. The van der Waals surface area contributed by atoms with Gasteiger partial charge in [0.2, 0.25) is 0 Å². The summed E-state index contributed by atoms with van der Waals surface area (Å²) in [5.41, 5.74) is 0.666. The topological polar surface area (TPSA) is 84.2 Å². The van der Waals surface area contributed by atoms with E-state index in [1.165, 1.54) is 6.07 Å². The van der Waals surface area contributed by atoms with E-state index in [0.717, 1.165) is 0 Å². The standard InChI is InChI=1S/C17H17N3O3/c1-2-22-9-10-23-15-7-6-13(11-14(15)12-18)17(21)20-16-5-3-4-8-19-16/h3-8,11H,2,9-10H2,1H3,(H,19,20,21). The molecule has 2 rings (SSSR count). The first kappa shape index (κ1) is 16.5. The minimum Gasteiger partial charge on any atom is -0.490 e. The smallest absolute Gasteiger partial charge is 0.256 e. The van der Waals surface area contributed by atoms with Crippen molar-refractivity contribution >= 4 is 11.7 Å². The molecule has 1 amide bonds. The fourth-order valence-electron chi connectivity index (χ4n) is 1.86. The van der Waals surface area contributed by atoms with Gasteiger partial charge >= 0.3 is 0 Å². The molecule has 0 saturated carbocycles. The van der Waals surface area contributed by atoms with E-state index in [1.807, 2.05) is 13.0 Å². The molecular formula is C17H17N3O3. The Labute approximate surface area is 134 Å². The van der Waals surface area contributed by atoms with E-state index in [1.54, 1.807) is 36.5 Å². The van der Waals surface area contributed by atoms with Crippen LogP contribution < -0.4 is 10.1 Å². The molecule has 6 heteroatoms. The maximum Gasteiger partial charge on any atom is 0.256 e. The maximum atomic E-state index is 12.2. The summed E-state index contributed by atoms with van der Waals surface area (Å²) in [6.45, 7) is 3.31. The molecule has 0 spiro atoms. The molecule has 0 aliphatic carbocycles. The number of aromatic nitrogens is 1. The third-order valence-electron chi connectivity index (χ3n) is 2.96. The van der Waals surface area contributed by atoms with Gasteiger partial charge in [0, 0.05) is 18.4 Å². The predicted octanol–water partition coefficient (Wildman–Crippen LogP) is 2.62. The van der Waals surface area contributed by atoms with Crippen molar-refractivity contribution in [1.29, 1.82) is 5.26 Å². The largest absolute Gasteiger partial charge is 0.490 e. The average Bonchev–Trinajstić information content (AvgIpc) is 2.59. The molecule has 118 valence electrons. The van der Waals surface area contributed by atoms with E-state index >= 15 is 0 Å². The third-order valence-corrected chi connectivity index (χ3v) is 2.96. The summed E-state index contributed by atoms with van der Waals surface area (Å²) >= 11 is 0. The highest BCUT2D eigenvalue weighted by molar-refractivity contribution is 6.04. The average molecular weight is 311 g/mol. The van der Waals surface area contributed by atoms with Crippen LogP contribution in [0.5, 0.6) is 5.75 Å². The zero-order valence-corrected chi connectivity index (χ0v) is 12.8. The van der Waals surface area contributed by atoms with E-state index in [9.17, 15) is 10.1 Å². The van der Waals surface area contributed by atoms with E-state index in [-0.39, 0.29) is 5.91 Å². The first-order valence-corrected chi connectivity index (χ1v) is 7.21. The molecule has 0 bridgehead atoms. The molecule has 23 heavy (non-hydrogen) atoms. The van der Waals surface area contributed by atoms with Crippen LogP contribution in [0.3, 0.4) is 0 Å². The molecule has 1 N–H and O–H groups in total. The quantitative estimate of drug-likeness (QED) is 0.795. The number of nitriles is 1. The monoisotopic (exact) mass is 311 g/mol. The number of hydrogen-bond donors (Lipinski definition) is 1. The lowest BCUT2D eigenvalue weighted by Crippen LogP contribution is -2.13. The molecule has 0 aliphatic heterocycles. The summed E-state index contributed by atoms with van der Waals surface area (Å²) in [4.78, 5) is 16.2. The molecule has 2 aromatic rings. The summed E-state index contributed by atoms with van der Waals surface area (Å²) < 4.78 is 10.7. The Balaban J connectivity index is 2.06. The number of hydrogen-bond acceptors (Lipinski definition) is 5. The van der Waals surface area contributed by atoms with Crippen molar-refractivity contribution in [1.82, 2.24) is 4.98 Å². The summed E-state index contributed by atoms with van der Waals surface area (Å²) in [7, 11) is 0. The van der Waals surface area contributed by atoms with Crippen molar-refractivity contribution in [2.24, 2.45) is 0 Å². The number of nitrogens with zero attached hydrogens (tertiary/aromatic N) is 2. The van der Waals surface area contributed by atoms with Gasteiger partial charge < -0.3 is 14.8 Å². The lowest BCUT2D eigenvalue weighted by atomic mass is 10.1. The Kier molecular flexibility index (Phi) is 6.09. The van der Waals surface area contributed by atoms with Crippen molar-refractivity contribution in [2.75, 3.05) is 25.1 Å². The van der Waals surface area contributed by atoms with E-state index < -0.39 is 0 Å². The van der Waals surface area contributed by atoms with Crippen molar-refractivity contribution in [3.8, 4) is 11.8 Å². The van der Waals surface area contributed by atoms with Gasteiger partial charge in [0.15, 0.2) is 0 Å². The molecule has 1 aromatic carbocycles. The Hall–Kier alpha value is -2.91. The zero-order chi connectivity index (χ0) is 16.5. The second kappa shape index (κ2) is 8.51. The lowest BCUT2D eigenvalue weighted by Gasteiger charge is -2.09. The second-order valence-corrected chi connectivity index (χ2v) is 4.54. The van der Waals surface area contributed by atoms with Gasteiger partial charge in [-0.15, -0.1) is 0 Å². The van der Waals surface area contributed by atoms with Crippen LogP contribution >= 0.6 is 0 Å². The normalized spacial score (nSPS) is 9.91. The number of pyridine rings is 1. The van der Waals surface area contributed by atoms with Gasteiger partial charge in [0.25, 0.3) is 5.91 Å². The van der Waals surface area contributed by atoms with E-state index in [0.29, 0.717) is 42.5 Å². The number of carbonyl (C=O) groups is 1. The number of benzene rings is 1. The number of amides is 1. The highest BCUT2D eigenvalue weighted by atomic mass is 16.5. The summed E-state index contributed by atoms with van der Waals surface area (Å²) in [6.07, 6.45) is 1.59. The van der Waals surface area contributed by atoms with Crippen LogP contribution in [0.4, 0.5) is 5.82 Å². The highest BCUT2D eigenvalue weighted by Crippen LogP contribution is 2.20. The van der Waals surface area contributed by atoms with Gasteiger partial charge in [-0.2, -0.15) is 5.26 Å². The van der Waals surface area contributed by atoms with Gasteiger partial charge in [-0.3, -0.25) is 4.79 Å². The Bertz CT molecular complexity index is 696. The van der Waals surface area contributed by atoms with Gasteiger partial charge in [0.05, 0.1) is 12.2 Å². The highest BCUT2D eigenvalue weighted by Gasteiger charge is 2.11. The summed E-state index contributed by atoms with van der Waals surface area (Å²) in [6, 6.07) is 12.0. The summed E-state index contributed by atoms with van der Waals surface area (Å²) in [5.74, 6) is 0.552. The molecule has 1 aromatic heterocycles. The van der Waals surface area contributed by atoms with E-state index in [4.69, 9.17) is 9.47 Å². The summed E-state index contributed by atoms with van der Waals surface area (Å²) in [5, 5.41) is 11.9. The molecule has 0 aliphatic rings. The Morgan fingerprint density at radius 3 is 2.87 bits per heavy atom. The molecule has 0 fully saturated rings. The molecule has 0 unspecified atom stereocenters. The second-order valence-electron chi connectivity index (χ2n) is 4.54. The Morgan fingerprint density at radius 1 is 1.30 bits per heavy atom. The van der Waals surface area contributed by atoms with Crippen molar-refractivity contribution in [2.45, 2.75) is 6.92 Å². The fraction of sp³-hybridized carbons (Fsp3) is 0.235. The molecule has 0 atom stereocenters. The van der Waals surface area contributed by atoms with E-state index in [2.05, 4.69) is 10.3 Å². The molecule has 1 heterocycles. The van der Waals surface area contributed by atoms with Crippen LogP contribution in [0.25, 0.3) is 0 Å². The number of nitrogens with one attached hydrogen (secondary N) is 1. The number of anilines is 1. The lowest BCUT2D eigenvalue weighted by molar-refractivity contribution is 0.102. The minimum absolute atomic E-state index is 0.301. The molecule has 0 radical (unpaired) electrons. The number of rotatable bonds is 7. The van der Waals surface area contributed by atoms with Crippen molar-refractivity contribution in [3.63, 3.8) is 0 Å². The van der Waals surface area contributed by atoms with Gasteiger partial charge in [0.1, 0.15) is 24.2 Å². The first-order chi connectivity index (χ1) is 11.2. The van der Waals surface area contributed by atoms with Gasteiger partial charge in [-0.05, 0) is 37.3 Å². The van der Waals surface area contributed by atoms with Crippen LogP contribution in [0.1, 0.15) is 22.8 Å². The number of carbonyl (C=O) groups excluding carboxylic acids is 1. The number of ether oxygens (including phenoxy) is 2. The van der Waals surface area contributed by atoms with Crippen molar-refractivity contribution < 1.29 is 14.3 Å². The van der Waals surface area contributed by atoms with Crippen LogP contribution in [0, 0.1) is 11.3 Å². The maximum absolute atomic E-state index is 12.2. The van der Waals surface area contributed by atoms with Crippen LogP contribution in [0.2, 0.25) is 0 Å². The molecular weight excluding hydrogens is 294 g/mol. The first-order valence-electron chi connectivity index (χ1n) is 7.21. The van der Waals surface area contributed by atoms with Crippen LogP contribution in [0.15, 0.2) is 42.6 Å². The van der Waals surface area contributed by atoms with Gasteiger partial charge in [-0.1, -0.05) is 6.07 Å². The SMILES string of the molecule is CCOCCOc1ccc(C(=O)Nc2ccccn2)cc1C#N.